The third-order valence-electron chi connectivity index (χ3n) is 6.61. The second-order valence-corrected chi connectivity index (χ2v) is 9.57. The standard InChI is InChI=1S/C25H25BrN6O/c1-15-14-32(16(2)13-31(15)17(3)18-5-7-19(26)8-6-18)24-21(12-28)25(33)30(4)22-10-9-20(11-27)29-23(22)24/h5-10,15-17H,13-14H2,1-4H3/t15-,16+,17?/m1/s1. The van der Waals surface area contributed by atoms with Crippen LogP contribution in [-0.4, -0.2) is 39.6 Å². The normalized spacial score (nSPS) is 19.8. The molecule has 0 bridgehead atoms. The van der Waals surface area contributed by atoms with E-state index in [1.807, 2.05) is 0 Å². The second kappa shape index (κ2) is 8.97. The van der Waals surface area contributed by atoms with Crippen molar-refractivity contribution in [2.45, 2.75) is 38.9 Å². The zero-order chi connectivity index (χ0) is 23.9. The topological polar surface area (TPSA) is 89.0 Å². The second-order valence-electron chi connectivity index (χ2n) is 8.65. The Hall–Kier alpha value is -3.20. The molecule has 3 heterocycles. The highest BCUT2D eigenvalue weighted by Gasteiger charge is 2.35. The lowest BCUT2D eigenvalue weighted by Crippen LogP contribution is -2.57. The average Bonchev–Trinajstić information content (AvgIpc) is 2.82. The maximum absolute atomic E-state index is 13.0. The largest absolute Gasteiger partial charge is 0.363 e. The van der Waals surface area contributed by atoms with Crippen LogP contribution >= 0.6 is 15.9 Å². The summed E-state index contributed by atoms with van der Waals surface area (Å²) >= 11 is 3.50. The maximum atomic E-state index is 13.0. The lowest BCUT2D eigenvalue weighted by atomic mass is 9.99. The van der Waals surface area contributed by atoms with Crippen LogP contribution in [0.1, 0.15) is 43.6 Å². The SMILES string of the molecule is CC(c1ccc(Br)cc1)N1C[C@H](C)N(c2c(C#N)c(=O)n(C)c3ccc(C#N)nc23)C[C@H]1C. The Balaban J connectivity index is 1.78. The van der Waals surface area contributed by atoms with Crippen LogP contribution in [0, 0.1) is 22.7 Å². The zero-order valence-corrected chi connectivity index (χ0v) is 20.7. The first-order chi connectivity index (χ1) is 15.8. The molecular formula is C25H25BrN6O. The van der Waals surface area contributed by atoms with Gasteiger partial charge in [-0.15, -0.1) is 0 Å². The summed E-state index contributed by atoms with van der Waals surface area (Å²) in [5.41, 5.74) is 2.87. The van der Waals surface area contributed by atoms with Crippen LogP contribution in [0.5, 0.6) is 0 Å². The Kier molecular flexibility index (Phi) is 6.25. The number of hydrogen-bond donors (Lipinski definition) is 0. The van der Waals surface area contributed by atoms with Crippen LogP contribution in [0.4, 0.5) is 5.69 Å². The highest BCUT2D eigenvalue weighted by atomic mass is 79.9. The maximum Gasteiger partial charge on any atom is 0.270 e. The number of benzene rings is 1. The van der Waals surface area contributed by atoms with Crippen LogP contribution in [0.15, 0.2) is 45.7 Å². The molecule has 0 aliphatic carbocycles. The summed E-state index contributed by atoms with van der Waals surface area (Å²) in [4.78, 5) is 22.1. The first-order valence-electron chi connectivity index (χ1n) is 10.9. The van der Waals surface area contributed by atoms with Crippen molar-refractivity contribution in [3.8, 4) is 12.1 Å². The number of nitrogens with zero attached hydrogens (tertiary/aromatic N) is 6. The quantitative estimate of drug-likeness (QED) is 0.533. The lowest BCUT2D eigenvalue weighted by Gasteiger charge is -2.48. The number of rotatable bonds is 3. The van der Waals surface area contributed by atoms with Crippen LogP contribution in [-0.2, 0) is 7.05 Å². The minimum atomic E-state index is -0.350. The fraction of sp³-hybridized carbons (Fsp3) is 0.360. The number of piperazine rings is 1. The molecule has 1 fully saturated rings. The summed E-state index contributed by atoms with van der Waals surface area (Å²) in [6.07, 6.45) is 0. The van der Waals surface area contributed by atoms with E-state index in [9.17, 15) is 15.3 Å². The molecule has 1 aliphatic rings. The van der Waals surface area contributed by atoms with Crippen molar-refractivity contribution in [3.05, 3.63) is 68.0 Å². The third-order valence-corrected chi connectivity index (χ3v) is 7.14. The first kappa shape index (κ1) is 23.0. The van der Waals surface area contributed by atoms with Crippen molar-refractivity contribution in [2.75, 3.05) is 18.0 Å². The molecule has 1 aromatic carbocycles. The number of halogens is 1. The fourth-order valence-electron chi connectivity index (χ4n) is 4.77. The molecule has 0 spiro atoms. The van der Waals surface area contributed by atoms with Gasteiger partial charge in [0.05, 0.1) is 11.2 Å². The van der Waals surface area contributed by atoms with E-state index >= 15 is 0 Å². The molecule has 1 aliphatic heterocycles. The summed E-state index contributed by atoms with van der Waals surface area (Å²) in [5.74, 6) is 0. The molecule has 168 valence electrons. The Morgan fingerprint density at radius 2 is 1.76 bits per heavy atom. The number of aromatic nitrogens is 2. The number of fused-ring (bicyclic) bond motifs is 1. The van der Waals surface area contributed by atoms with Crippen LogP contribution in [0.25, 0.3) is 11.0 Å². The van der Waals surface area contributed by atoms with Gasteiger partial charge in [-0.05, 0) is 50.6 Å². The van der Waals surface area contributed by atoms with Gasteiger partial charge in [0.15, 0.2) is 0 Å². The highest BCUT2D eigenvalue weighted by molar-refractivity contribution is 9.10. The molecule has 33 heavy (non-hydrogen) atoms. The molecule has 0 saturated carbocycles. The van der Waals surface area contributed by atoms with E-state index in [0.717, 1.165) is 11.0 Å². The smallest absolute Gasteiger partial charge is 0.270 e. The number of pyridine rings is 2. The lowest BCUT2D eigenvalue weighted by molar-refractivity contribution is 0.119. The van der Waals surface area contributed by atoms with E-state index in [1.54, 1.807) is 19.2 Å². The van der Waals surface area contributed by atoms with Gasteiger partial charge in [0.1, 0.15) is 28.9 Å². The van der Waals surface area contributed by atoms with Crippen molar-refractivity contribution in [1.82, 2.24) is 14.5 Å². The Morgan fingerprint density at radius 1 is 1.06 bits per heavy atom. The van der Waals surface area contributed by atoms with Gasteiger partial charge in [0.2, 0.25) is 0 Å². The number of hydrogen-bond acceptors (Lipinski definition) is 6. The molecule has 0 amide bonds. The molecule has 1 unspecified atom stereocenters. The third kappa shape index (κ3) is 4.01. The molecular weight excluding hydrogens is 480 g/mol. The van der Waals surface area contributed by atoms with Gasteiger partial charge in [-0.25, -0.2) is 4.98 Å². The summed E-state index contributed by atoms with van der Waals surface area (Å²) in [6.45, 7) is 7.87. The van der Waals surface area contributed by atoms with Gasteiger partial charge in [0, 0.05) is 42.7 Å². The van der Waals surface area contributed by atoms with Crippen LogP contribution in [0.3, 0.4) is 0 Å². The molecule has 4 rings (SSSR count). The van der Waals surface area contributed by atoms with E-state index in [1.165, 1.54) is 10.1 Å². The van der Waals surface area contributed by atoms with Crippen molar-refractivity contribution in [2.24, 2.45) is 7.05 Å². The Morgan fingerprint density at radius 3 is 2.39 bits per heavy atom. The number of aryl methyl sites for hydroxylation is 1. The predicted octanol–water partition coefficient (Wildman–Crippen LogP) is 4.10. The van der Waals surface area contributed by atoms with E-state index in [0.29, 0.717) is 23.3 Å². The van der Waals surface area contributed by atoms with Gasteiger partial charge in [-0.3, -0.25) is 9.69 Å². The highest BCUT2D eigenvalue weighted by Crippen LogP contribution is 2.34. The van der Waals surface area contributed by atoms with Gasteiger partial charge >= 0.3 is 0 Å². The monoisotopic (exact) mass is 504 g/mol. The number of nitriles is 2. The summed E-state index contributed by atoms with van der Waals surface area (Å²) in [5, 5.41) is 19.3. The van der Waals surface area contributed by atoms with E-state index in [2.05, 4.69) is 87.9 Å². The molecule has 8 heteroatoms. The van der Waals surface area contributed by atoms with E-state index in [-0.39, 0.29) is 34.9 Å². The molecule has 7 nitrogen and oxygen atoms in total. The van der Waals surface area contributed by atoms with Gasteiger partial charge in [0.25, 0.3) is 5.56 Å². The van der Waals surface area contributed by atoms with Crippen molar-refractivity contribution < 1.29 is 0 Å². The van der Waals surface area contributed by atoms with Crippen molar-refractivity contribution >= 4 is 32.7 Å². The zero-order valence-electron chi connectivity index (χ0n) is 19.1. The molecule has 1 saturated heterocycles. The first-order valence-corrected chi connectivity index (χ1v) is 11.7. The van der Waals surface area contributed by atoms with Crippen LogP contribution in [0.2, 0.25) is 0 Å². The van der Waals surface area contributed by atoms with Gasteiger partial charge in [-0.1, -0.05) is 28.1 Å². The molecule has 3 aromatic rings. The summed E-state index contributed by atoms with van der Waals surface area (Å²) in [7, 11) is 1.63. The van der Waals surface area contributed by atoms with Gasteiger partial charge in [-0.2, -0.15) is 10.5 Å². The minimum Gasteiger partial charge on any atom is -0.363 e. The van der Waals surface area contributed by atoms with Crippen LogP contribution < -0.4 is 10.5 Å². The summed E-state index contributed by atoms with van der Waals surface area (Å²) < 4.78 is 2.49. The fourth-order valence-corrected chi connectivity index (χ4v) is 5.04. The number of anilines is 1. The Bertz CT molecular complexity index is 1350. The van der Waals surface area contributed by atoms with E-state index in [4.69, 9.17) is 0 Å². The predicted molar refractivity (Wildman–Crippen MR) is 132 cm³/mol. The van der Waals surface area contributed by atoms with E-state index < -0.39 is 0 Å². The minimum absolute atomic E-state index is 0.0362. The molecule has 3 atom stereocenters. The molecule has 0 radical (unpaired) electrons. The summed E-state index contributed by atoms with van der Waals surface area (Å²) in [6, 6.07) is 16.3. The Labute approximate surface area is 201 Å². The van der Waals surface area contributed by atoms with Crippen molar-refractivity contribution in [1.29, 1.82) is 10.5 Å². The van der Waals surface area contributed by atoms with Crippen molar-refractivity contribution in [3.63, 3.8) is 0 Å². The molecule has 0 N–H and O–H groups in total. The average molecular weight is 505 g/mol. The van der Waals surface area contributed by atoms with Gasteiger partial charge < -0.3 is 9.47 Å². The molecule has 2 aromatic heterocycles.